The summed E-state index contributed by atoms with van der Waals surface area (Å²) in [7, 11) is 0. The van der Waals surface area contributed by atoms with Crippen molar-refractivity contribution in [2.45, 2.75) is 38.7 Å². The first-order valence-electron chi connectivity index (χ1n) is 11.2. The Morgan fingerprint density at radius 1 is 1.03 bits per heavy atom. The number of rotatable bonds is 6. The molecule has 0 aromatic heterocycles. The van der Waals surface area contributed by atoms with E-state index in [1.54, 1.807) is 12.1 Å². The average Bonchev–Trinajstić information content (AvgIpc) is 3.32. The summed E-state index contributed by atoms with van der Waals surface area (Å²) in [6, 6.07) is 15.7. The molecule has 2 amide bonds. The van der Waals surface area contributed by atoms with Gasteiger partial charge in [0.05, 0.1) is 17.4 Å². The van der Waals surface area contributed by atoms with Crippen LogP contribution >= 0.6 is 0 Å². The third-order valence-electron chi connectivity index (χ3n) is 6.21. The molecule has 0 unspecified atom stereocenters. The van der Waals surface area contributed by atoms with Crippen LogP contribution in [0.2, 0.25) is 0 Å². The molecule has 31 heavy (non-hydrogen) atoms. The number of piperidine rings is 1. The third-order valence-corrected chi connectivity index (χ3v) is 6.21. The molecule has 2 aliphatic rings. The molecule has 0 saturated carbocycles. The molecule has 6 heteroatoms. The number of carbonyl (C=O) groups excluding carboxylic acids is 2. The second-order valence-corrected chi connectivity index (χ2v) is 8.48. The van der Waals surface area contributed by atoms with Crippen LogP contribution in [0.3, 0.4) is 0 Å². The molecule has 4 rings (SSSR count). The van der Waals surface area contributed by atoms with Gasteiger partial charge in [-0.05, 0) is 56.9 Å². The van der Waals surface area contributed by atoms with Gasteiger partial charge in [0.25, 0.3) is 5.91 Å². The van der Waals surface area contributed by atoms with E-state index in [0.29, 0.717) is 17.8 Å². The molecule has 2 fully saturated rings. The number of hydrogen-bond acceptors (Lipinski definition) is 4. The van der Waals surface area contributed by atoms with E-state index in [1.807, 2.05) is 12.1 Å². The Bertz CT molecular complexity index is 898. The van der Waals surface area contributed by atoms with E-state index >= 15 is 0 Å². The second-order valence-electron chi connectivity index (χ2n) is 8.48. The van der Waals surface area contributed by atoms with E-state index in [9.17, 15) is 9.59 Å². The fourth-order valence-electron chi connectivity index (χ4n) is 4.29. The molecule has 2 aliphatic heterocycles. The number of para-hydroxylation sites is 1. The fourth-order valence-corrected chi connectivity index (χ4v) is 4.29. The van der Waals surface area contributed by atoms with E-state index in [1.165, 1.54) is 11.3 Å². The summed E-state index contributed by atoms with van der Waals surface area (Å²) >= 11 is 0. The van der Waals surface area contributed by atoms with Gasteiger partial charge in [-0.15, -0.1) is 0 Å². The van der Waals surface area contributed by atoms with Crippen molar-refractivity contribution >= 4 is 23.2 Å². The van der Waals surface area contributed by atoms with Gasteiger partial charge in [0.15, 0.2) is 0 Å². The highest BCUT2D eigenvalue weighted by Gasteiger charge is 2.26. The zero-order valence-corrected chi connectivity index (χ0v) is 18.1. The van der Waals surface area contributed by atoms with Crippen LogP contribution in [0.25, 0.3) is 0 Å². The number of nitrogens with zero attached hydrogens (tertiary/aromatic N) is 1. The van der Waals surface area contributed by atoms with Gasteiger partial charge < -0.3 is 20.3 Å². The zero-order chi connectivity index (χ0) is 21.6. The average molecular weight is 422 g/mol. The summed E-state index contributed by atoms with van der Waals surface area (Å²) in [5.74, 6) is -0.242. The molecule has 2 heterocycles. The van der Waals surface area contributed by atoms with Crippen molar-refractivity contribution in [3.05, 3.63) is 59.7 Å². The molecule has 0 aliphatic carbocycles. The minimum Gasteiger partial charge on any atom is -0.376 e. The summed E-state index contributed by atoms with van der Waals surface area (Å²) in [5, 5.41) is 5.94. The number of amides is 2. The van der Waals surface area contributed by atoms with Gasteiger partial charge in [-0.2, -0.15) is 0 Å². The van der Waals surface area contributed by atoms with Crippen molar-refractivity contribution in [1.82, 2.24) is 5.32 Å². The van der Waals surface area contributed by atoms with Gasteiger partial charge in [0, 0.05) is 37.8 Å². The summed E-state index contributed by atoms with van der Waals surface area (Å²) < 4.78 is 5.57. The molecule has 6 nitrogen and oxygen atoms in total. The maximum atomic E-state index is 12.9. The SMILES string of the molecule is Cc1ccc(N2CCC(C(=O)Nc3ccccc3C(=O)NC[C@H]3CCCO3)CC2)cc1. The Morgan fingerprint density at radius 3 is 2.48 bits per heavy atom. The van der Waals surface area contributed by atoms with Crippen LogP contribution in [-0.2, 0) is 9.53 Å². The molecule has 164 valence electrons. The van der Waals surface area contributed by atoms with Crippen LogP contribution in [0, 0.1) is 12.8 Å². The highest BCUT2D eigenvalue weighted by molar-refractivity contribution is 6.04. The summed E-state index contributed by atoms with van der Waals surface area (Å²) in [6.45, 7) is 5.05. The molecule has 2 saturated heterocycles. The number of ether oxygens (including phenoxy) is 1. The number of hydrogen-bond donors (Lipinski definition) is 2. The minimum absolute atomic E-state index is 0.0112. The smallest absolute Gasteiger partial charge is 0.253 e. The number of carbonyl (C=O) groups is 2. The van der Waals surface area contributed by atoms with Crippen molar-refractivity contribution in [3.8, 4) is 0 Å². The second kappa shape index (κ2) is 9.96. The Hall–Kier alpha value is -2.86. The first-order valence-corrected chi connectivity index (χ1v) is 11.2. The van der Waals surface area contributed by atoms with Crippen molar-refractivity contribution in [1.29, 1.82) is 0 Å². The highest BCUT2D eigenvalue weighted by atomic mass is 16.5. The lowest BCUT2D eigenvalue weighted by atomic mass is 9.95. The van der Waals surface area contributed by atoms with Crippen molar-refractivity contribution in [2.75, 3.05) is 36.5 Å². The topological polar surface area (TPSA) is 70.7 Å². The largest absolute Gasteiger partial charge is 0.376 e. The first kappa shape index (κ1) is 21.4. The van der Waals surface area contributed by atoms with Crippen LogP contribution in [0.15, 0.2) is 48.5 Å². The molecule has 1 atom stereocenters. The lowest BCUT2D eigenvalue weighted by Crippen LogP contribution is -2.38. The normalized spacial score (nSPS) is 19.3. The van der Waals surface area contributed by atoms with Gasteiger partial charge in [-0.1, -0.05) is 29.8 Å². The van der Waals surface area contributed by atoms with Gasteiger partial charge in [-0.3, -0.25) is 9.59 Å². The van der Waals surface area contributed by atoms with E-state index in [4.69, 9.17) is 4.74 Å². The quantitative estimate of drug-likeness (QED) is 0.745. The van der Waals surface area contributed by atoms with Crippen LogP contribution in [-0.4, -0.2) is 44.2 Å². The Kier molecular flexibility index (Phi) is 6.87. The first-order chi connectivity index (χ1) is 15.1. The number of nitrogens with one attached hydrogen (secondary N) is 2. The lowest BCUT2D eigenvalue weighted by molar-refractivity contribution is -0.120. The Balaban J connectivity index is 1.32. The molecule has 0 bridgehead atoms. The maximum Gasteiger partial charge on any atom is 0.253 e. The van der Waals surface area contributed by atoms with Crippen molar-refractivity contribution < 1.29 is 14.3 Å². The van der Waals surface area contributed by atoms with Crippen LogP contribution in [0.4, 0.5) is 11.4 Å². The number of anilines is 2. The van der Waals surface area contributed by atoms with Crippen LogP contribution < -0.4 is 15.5 Å². The molecule has 2 aromatic rings. The predicted octanol–water partition coefficient (Wildman–Crippen LogP) is 3.76. The Morgan fingerprint density at radius 2 is 1.77 bits per heavy atom. The van der Waals surface area contributed by atoms with E-state index in [-0.39, 0.29) is 23.8 Å². The van der Waals surface area contributed by atoms with Crippen LogP contribution in [0.1, 0.15) is 41.6 Å². The predicted molar refractivity (Wildman–Crippen MR) is 122 cm³/mol. The number of benzene rings is 2. The summed E-state index contributed by atoms with van der Waals surface area (Å²) in [6.07, 6.45) is 3.69. The lowest BCUT2D eigenvalue weighted by Gasteiger charge is -2.33. The monoisotopic (exact) mass is 421 g/mol. The van der Waals surface area contributed by atoms with Crippen molar-refractivity contribution in [2.24, 2.45) is 5.92 Å². The molecule has 0 radical (unpaired) electrons. The fraction of sp³-hybridized carbons (Fsp3) is 0.440. The summed E-state index contributed by atoms with van der Waals surface area (Å²) in [5.41, 5.74) is 3.51. The molecule has 2 aromatic carbocycles. The van der Waals surface area contributed by atoms with Gasteiger partial charge in [0.2, 0.25) is 5.91 Å². The van der Waals surface area contributed by atoms with E-state index in [2.05, 4.69) is 46.7 Å². The molecular formula is C25H31N3O3. The minimum atomic E-state index is -0.180. The standard InChI is InChI=1S/C25H31N3O3/c1-18-8-10-20(11-9-18)28-14-12-19(13-15-28)24(29)27-23-7-3-2-6-22(23)25(30)26-17-21-5-4-16-31-21/h2-3,6-11,19,21H,4-5,12-17H2,1H3,(H,26,30)(H,27,29)/t21-/m1/s1. The highest BCUT2D eigenvalue weighted by Crippen LogP contribution is 2.25. The number of aryl methyl sites for hydroxylation is 1. The molecule has 2 N–H and O–H groups in total. The third kappa shape index (κ3) is 5.44. The summed E-state index contributed by atoms with van der Waals surface area (Å²) in [4.78, 5) is 27.9. The zero-order valence-electron chi connectivity index (χ0n) is 18.1. The van der Waals surface area contributed by atoms with Crippen molar-refractivity contribution in [3.63, 3.8) is 0 Å². The van der Waals surface area contributed by atoms with Gasteiger partial charge >= 0.3 is 0 Å². The van der Waals surface area contributed by atoms with Gasteiger partial charge in [-0.25, -0.2) is 0 Å². The van der Waals surface area contributed by atoms with Gasteiger partial charge in [0.1, 0.15) is 0 Å². The van der Waals surface area contributed by atoms with Crippen LogP contribution in [0.5, 0.6) is 0 Å². The van der Waals surface area contributed by atoms with E-state index in [0.717, 1.165) is 45.4 Å². The molecule has 0 spiro atoms. The van der Waals surface area contributed by atoms with E-state index < -0.39 is 0 Å². The molecular weight excluding hydrogens is 390 g/mol. The Labute approximate surface area is 184 Å². The maximum absolute atomic E-state index is 12.9.